The van der Waals surface area contributed by atoms with Crippen LogP contribution in [0.15, 0.2) is 24.8 Å². The van der Waals surface area contributed by atoms with Crippen LogP contribution >= 0.6 is 0 Å². The summed E-state index contributed by atoms with van der Waals surface area (Å²) in [5.41, 5.74) is 2.07. The van der Waals surface area contributed by atoms with Gasteiger partial charge in [0.05, 0.1) is 35.9 Å². The molecular formula is C13H10N12O. The van der Waals surface area contributed by atoms with Gasteiger partial charge in [-0.25, -0.2) is 0 Å². The molecule has 4 rings (SSSR count). The van der Waals surface area contributed by atoms with Gasteiger partial charge in [0.2, 0.25) is 0 Å². The zero-order valence-corrected chi connectivity index (χ0v) is 13.0. The Kier molecular flexibility index (Phi) is 3.92. The van der Waals surface area contributed by atoms with Crippen LogP contribution in [0.4, 0.5) is 0 Å². The minimum atomic E-state index is -0.376. The van der Waals surface area contributed by atoms with Crippen LogP contribution in [0.3, 0.4) is 0 Å². The molecule has 0 bridgehead atoms. The van der Waals surface area contributed by atoms with Crippen LogP contribution in [-0.2, 0) is 4.79 Å². The average Bonchev–Trinajstić information content (AvgIpc) is 3.44. The molecule has 0 spiro atoms. The first kappa shape index (κ1) is 15.3. The van der Waals surface area contributed by atoms with E-state index in [9.17, 15) is 4.79 Å². The third-order valence-corrected chi connectivity index (χ3v) is 3.32. The molecule has 128 valence electrons. The Morgan fingerprint density at radius 2 is 1.08 bits per heavy atom. The smallest absolute Gasteiger partial charge is 0.197 e. The van der Waals surface area contributed by atoms with E-state index in [1.807, 2.05) is 0 Å². The van der Waals surface area contributed by atoms with Crippen LogP contribution < -0.4 is 0 Å². The van der Waals surface area contributed by atoms with Gasteiger partial charge in [-0.2, -0.15) is 61.6 Å². The second kappa shape index (κ2) is 6.68. The fraction of sp³-hybridized carbons (Fsp3) is 0. The van der Waals surface area contributed by atoms with Crippen molar-refractivity contribution in [3.05, 3.63) is 47.6 Å². The van der Waals surface area contributed by atoms with Gasteiger partial charge in [-0.3, -0.25) is 4.79 Å². The van der Waals surface area contributed by atoms with Crippen molar-refractivity contribution in [2.24, 2.45) is 0 Å². The summed E-state index contributed by atoms with van der Waals surface area (Å²) in [4.78, 5) is 13.3. The summed E-state index contributed by atoms with van der Waals surface area (Å²) in [6.07, 6.45) is 8.90. The molecule has 4 aromatic rings. The van der Waals surface area contributed by atoms with Gasteiger partial charge in [0.1, 0.15) is 22.8 Å². The number of rotatable bonds is 6. The van der Waals surface area contributed by atoms with Crippen molar-refractivity contribution in [3.63, 3.8) is 0 Å². The first-order chi connectivity index (χ1) is 12.8. The maximum absolute atomic E-state index is 13.3. The molecule has 0 fully saturated rings. The van der Waals surface area contributed by atoms with Gasteiger partial charge in [-0.15, -0.1) is 0 Å². The zero-order chi connectivity index (χ0) is 17.8. The monoisotopic (exact) mass is 350 g/mol. The van der Waals surface area contributed by atoms with E-state index in [0.29, 0.717) is 22.8 Å². The number of aromatic nitrogens is 12. The van der Waals surface area contributed by atoms with Gasteiger partial charge in [0, 0.05) is 0 Å². The number of Topliss-reactive ketones (excluding diaryl/α,β-unsaturated/α-hetero) is 1. The summed E-state index contributed by atoms with van der Waals surface area (Å²) >= 11 is 0. The Morgan fingerprint density at radius 3 is 1.42 bits per heavy atom. The van der Waals surface area contributed by atoms with Crippen LogP contribution in [0.1, 0.15) is 22.8 Å². The van der Waals surface area contributed by atoms with Gasteiger partial charge in [-0.05, 0) is 12.2 Å². The highest BCUT2D eigenvalue weighted by molar-refractivity contribution is 6.45. The average molecular weight is 350 g/mol. The Balaban J connectivity index is 1.82. The molecule has 0 saturated carbocycles. The highest BCUT2D eigenvalue weighted by Gasteiger charge is 2.23. The molecule has 0 unspecified atom stereocenters. The number of ketones is 1. The number of nitrogens with one attached hydrogen (secondary N) is 4. The molecule has 4 heterocycles. The molecule has 13 nitrogen and oxygen atoms in total. The van der Waals surface area contributed by atoms with E-state index < -0.39 is 0 Å². The van der Waals surface area contributed by atoms with Crippen molar-refractivity contribution >= 4 is 29.1 Å². The fourth-order valence-corrected chi connectivity index (χ4v) is 2.18. The molecule has 0 radical (unpaired) electrons. The molecule has 4 aromatic heterocycles. The van der Waals surface area contributed by atoms with E-state index in [1.54, 1.807) is 12.2 Å². The van der Waals surface area contributed by atoms with E-state index in [4.69, 9.17) is 0 Å². The topological polar surface area (TPSA) is 183 Å². The number of carbonyl (C=O) groups is 1. The zero-order valence-electron chi connectivity index (χ0n) is 13.0. The number of aromatic amines is 4. The molecule has 0 atom stereocenters. The summed E-state index contributed by atoms with van der Waals surface area (Å²) in [5, 5.41) is 40.8. The van der Waals surface area contributed by atoms with Crippen LogP contribution in [0.5, 0.6) is 0 Å². The molecule has 0 amide bonds. The maximum atomic E-state index is 13.3. The number of carbonyl (C=O) groups excluding carboxylic acids is 1. The largest absolute Gasteiger partial charge is 0.288 e. The van der Waals surface area contributed by atoms with Gasteiger partial charge < -0.3 is 0 Å². The lowest BCUT2D eigenvalue weighted by molar-refractivity contribution is -0.108. The van der Waals surface area contributed by atoms with Crippen LogP contribution in [0, 0.1) is 0 Å². The van der Waals surface area contributed by atoms with E-state index in [1.165, 1.54) is 24.8 Å². The summed E-state index contributed by atoms with van der Waals surface area (Å²) < 4.78 is 0. The molecule has 0 aliphatic carbocycles. The maximum Gasteiger partial charge on any atom is 0.197 e. The summed E-state index contributed by atoms with van der Waals surface area (Å²) in [6.45, 7) is 0. The minimum Gasteiger partial charge on any atom is -0.288 e. The van der Waals surface area contributed by atoms with Crippen LogP contribution in [0.2, 0.25) is 0 Å². The Morgan fingerprint density at radius 1 is 0.654 bits per heavy atom. The van der Waals surface area contributed by atoms with Gasteiger partial charge in [0.25, 0.3) is 0 Å². The molecule has 0 saturated heterocycles. The van der Waals surface area contributed by atoms with Crippen molar-refractivity contribution < 1.29 is 4.79 Å². The lowest BCUT2D eigenvalue weighted by Crippen LogP contribution is -2.06. The first-order valence-electron chi connectivity index (χ1n) is 7.23. The summed E-state index contributed by atoms with van der Waals surface area (Å²) in [6, 6.07) is 0. The van der Waals surface area contributed by atoms with Crippen molar-refractivity contribution in [3.8, 4) is 0 Å². The molecular weight excluding hydrogens is 340 g/mol. The van der Waals surface area contributed by atoms with Crippen molar-refractivity contribution in [2.75, 3.05) is 0 Å². The van der Waals surface area contributed by atoms with Crippen LogP contribution in [0.25, 0.3) is 23.3 Å². The fourth-order valence-electron chi connectivity index (χ4n) is 2.18. The van der Waals surface area contributed by atoms with Crippen molar-refractivity contribution in [1.82, 2.24) is 61.6 Å². The number of H-pyrrole nitrogens is 4. The van der Waals surface area contributed by atoms with Crippen molar-refractivity contribution in [1.29, 1.82) is 0 Å². The van der Waals surface area contributed by atoms with Gasteiger partial charge in [0.15, 0.2) is 5.78 Å². The highest BCUT2D eigenvalue weighted by Crippen LogP contribution is 2.25. The number of allylic oxidation sites excluding steroid dienone is 2. The lowest BCUT2D eigenvalue weighted by atomic mass is 9.97. The predicted molar refractivity (Wildman–Crippen MR) is 86.3 cm³/mol. The quantitative estimate of drug-likeness (QED) is 0.333. The van der Waals surface area contributed by atoms with Crippen LogP contribution in [-0.4, -0.2) is 67.4 Å². The van der Waals surface area contributed by atoms with Gasteiger partial charge >= 0.3 is 0 Å². The molecule has 0 aliphatic rings. The summed E-state index contributed by atoms with van der Waals surface area (Å²) in [5.74, 6) is -0.376. The van der Waals surface area contributed by atoms with E-state index in [2.05, 4.69) is 61.6 Å². The molecule has 26 heavy (non-hydrogen) atoms. The minimum absolute atomic E-state index is 0.241. The predicted octanol–water partition coefficient (Wildman–Crippen LogP) is -0.491. The van der Waals surface area contributed by atoms with Gasteiger partial charge in [-0.1, -0.05) is 0 Å². The van der Waals surface area contributed by atoms with E-state index in [-0.39, 0.29) is 16.9 Å². The Hall–Kier alpha value is -4.29. The second-order valence-electron chi connectivity index (χ2n) is 4.95. The van der Waals surface area contributed by atoms with E-state index >= 15 is 0 Å². The van der Waals surface area contributed by atoms with Crippen molar-refractivity contribution in [2.45, 2.75) is 0 Å². The summed E-state index contributed by atoms with van der Waals surface area (Å²) in [7, 11) is 0. The Labute approximate surface area is 144 Å². The Bertz CT molecular complexity index is 941. The molecule has 0 aliphatic heterocycles. The normalized spacial score (nSPS) is 12.5. The molecule has 0 aromatic carbocycles. The number of nitrogens with zero attached hydrogens (tertiary/aromatic N) is 8. The molecule has 4 N–H and O–H groups in total. The van der Waals surface area contributed by atoms with E-state index in [0.717, 1.165) is 0 Å². The number of hydrogen-bond acceptors (Lipinski definition) is 9. The third kappa shape index (κ3) is 3.03. The number of hydrogen-bond donors (Lipinski definition) is 4. The SMILES string of the molecule is O=C(/C(=C\c1cn[nH]n1)c1cn[nH]n1)/C(=C\c1cn[nH]n1)c1cn[nH]n1. The lowest BCUT2D eigenvalue weighted by Gasteiger charge is -2.05. The standard InChI is InChI=1S/C13H10N12O/c26-13(9(11-5-16-24-20-11)1-7-3-14-22-18-7)10(12-6-17-25-21-12)2-8-4-15-23-19-8/h1-6H,(H,14,18,22)(H,15,19,23)(H,16,20,24)(H,17,21,25)/b9-1-,10-2-. The highest BCUT2D eigenvalue weighted by atomic mass is 16.1. The first-order valence-corrected chi connectivity index (χ1v) is 7.23. The second-order valence-corrected chi connectivity index (χ2v) is 4.95. The molecule has 13 heteroatoms. The third-order valence-electron chi connectivity index (χ3n) is 3.32.